The van der Waals surface area contributed by atoms with E-state index in [-0.39, 0.29) is 51.7 Å². The molecule has 38 heavy (non-hydrogen) atoms. The molecule has 0 spiro atoms. The summed E-state index contributed by atoms with van der Waals surface area (Å²) in [5, 5.41) is 44.2. The average molecular weight is 723 g/mol. The molecular formula is C3F9N3O18S3Sc2. The first kappa shape index (κ1) is 56.6. The second-order valence-corrected chi connectivity index (χ2v) is 7.48. The molecular weight excluding hydrogens is 723 g/mol. The zero-order valence-electron chi connectivity index (χ0n) is 16.0. The van der Waals surface area contributed by atoms with Gasteiger partial charge in [-0.05, 0) is 0 Å². The summed E-state index contributed by atoms with van der Waals surface area (Å²) in [6.07, 6.45) is 0. The van der Waals surface area contributed by atoms with Gasteiger partial charge >= 0.3 is 68.2 Å². The summed E-state index contributed by atoms with van der Waals surface area (Å²) < 4.78 is 177. The van der Waals surface area contributed by atoms with E-state index in [0.717, 1.165) is 0 Å². The molecule has 35 heteroatoms. The van der Waals surface area contributed by atoms with Gasteiger partial charge in [0.05, 0.1) is 15.3 Å². The van der Waals surface area contributed by atoms with E-state index >= 15 is 0 Å². The molecule has 0 aromatic carbocycles. The fraction of sp³-hybridized carbons (Fsp3) is 1.00. The van der Waals surface area contributed by atoms with Crippen molar-refractivity contribution in [1.29, 1.82) is 0 Å². The van der Waals surface area contributed by atoms with Crippen LogP contribution in [0, 0.1) is 46.0 Å². The third-order valence-corrected chi connectivity index (χ3v) is 2.55. The van der Waals surface area contributed by atoms with Crippen molar-refractivity contribution in [2.45, 2.75) is 16.5 Å². The minimum Gasteiger partial charge on any atom is -0.741 e. The Morgan fingerprint density at radius 2 is 0.421 bits per heavy atom. The van der Waals surface area contributed by atoms with Crippen molar-refractivity contribution in [2.24, 2.45) is 0 Å². The molecule has 0 saturated carbocycles. The van der Waals surface area contributed by atoms with Crippen LogP contribution in [0.4, 0.5) is 39.5 Å². The quantitative estimate of drug-likeness (QED) is 0.0992. The van der Waals surface area contributed by atoms with Gasteiger partial charge in [-0.2, -0.15) is 39.5 Å². The minimum absolute atomic E-state index is 0. The number of hydrogen-bond acceptors (Lipinski definition) is 18. The van der Waals surface area contributed by atoms with Gasteiger partial charge in [-0.15, -0.1) is 0 Å². The monoisotopic (exact) mass is 723 g/mol. The van der Waals surface area contributed by atoms with Crippen molar-refractivity contribution in [3.8, 4) is 0 Å². The smallest absolute Gasteiger partial charge is 0.741 e. The number of rotatable bonds is 0. The first-order chi connectivity index (χ1) is 14.9. The minimum atomic E-state index is -6.09. The van der Waals surface area contributed by atoms with Crippen LogP contribution in [-0.4, -0.2) is 70.7 Å². The molecule has 0 saturated heterocycles. The third kappa shape index (κ3) is 59.5. The second kappa shape index (κ2) is 22.3. The number of nitrogens with zero attached hydrogens (tertiary/aromatic N) is 3. The number of hydrogen-bond donors (Lipinski definition) is 0. The van der Waals surface area contributed by atoms with Crippen LogP contribution >= 0.6 is 0 Å². The van der Waals surface area contributed by atoms with Gasteiger partial charge in [-0.1, -0.05) is 0 Å². The second-order valence-electron chi connectivity index (χ2n) is 3.37. The van der Waals surface area contributed by atoms with Crippen molar-refractivity contribution in [3.63, 3.8) is 0 Å². The molecule has 0 radical (unpaired) electrons. The molecule has 0 aromatic rings. The van der Waals surface area contributed by atoms with Crippen molar-refractivity contribution >= 4 is 30.4 Å². The molecule has 222 valence electrons. The van der Waals surface area contributed by atoms with Crippen LogP contribution in [0.5, 0.6) is 0 Å². The van der Waals surface area contributed by atoms with Crippen molar-refractivity contribution in [2.75, 3.05) is 0 Å². The molecule has 0 aliphatic carbocycles. The van der Waals surface area contributed by atoms with Crippen molar-refractivity contribution in [3.05, 3.63) is 46.0 Å². The molecule has 0 unspecified atom stereocenters. The van der Waals surface area contributed by atoms with Crippen LogP contribution in [-0.2, 0) is 82.0 Å². The van der Waals surface area contributed by atoms with E-state index in [4.69, 9.17) is 84.9 Å². The maximum Gasteiger partial charge on any atom is 3.00 e. The van der Waals surface area contributed by atoms with Gasteiger partial charge in [-0.25, -0.2) is 25.3 Å². The Morgan fingerprint density at radius 1 is 0.395 bits per heavy atom. The van der Waals surface area contributed by atoms with Gasteiger partial charge in [0.1, 0.15) is 0 Å². The summed E-state index contributed by atoms with van der Waals surface area (Å²) in [5.74, 6) is 0. The van der Waals surface area contributed by atoms with Crippen molar-refractivity contribution < 1.29 is 145 Å². The van der Waals surface area contributed by atoms with E-state index < -0.39 is 62.1 Å². The zero-order valence-corrected chi connectivity index (χ0v) is 22.0. The molecule has 0 aliphatic rings. The first-order valence-corrected chi connectivity index (χ1v) is 9.68. The Kier molecular flexibility index (Phi) is 33.2. The van der Waals surface area contributed by atoms with E-state index in [0.29, 0.717) is 0 Å². The van der Waals surface area contributed by atoms with Gasteiger partial charge in [-0.3, -0.25) is 0 Å². The summed E-state index contributed by atoms with van der Waals surface area (Å²) in [5.41, 5.74) is -16.9. The topological polar surface area (TPSA) is 370 Å². The fourth-order valence-electron chi connectivity index (χ4n) is 0. The van der Waals surface area contributed by atoms with Gasteiger partial charge in [0, 0.05) is 0 Å². The van der Waals surface area contributed by atoms with E-state index in [1.165, 1.54) is 0 Å². The molecule has 0 fully saturated rings. The number of alkyl halides is 9. The Labute approximate surface area is 237 Å². The summed E-state index contributed by atoms with van der Waals surface area (Å²) in [6, 6.07) is 0. The summed E-state index contributed by atoms with van der Waals surface area (Å²) in [4.78, 5) is 24.8. The molecule has 0 heterocycles. The molecule has 0 aliphatic heterocycles. The molecule has 21 nitrogen and oxygen atoms in total. The predicted molar refractivity (Wildman–Crippen MR) is 78.3 cm³/mol. The Morgan fingerprint density at radius 3 is 0.421 bits per heavy atom. The van der Waals surface area contributed by atoms with E-state index in [9.17, 15) is 39.5 Å². The van der Waals surface area contributed by atoms with E-state index in [1.54, 1.807) is 0 Å². The first-order valence-electron chi connectivity index (χ1n) is 5.46. The predicted octanol–water partition coefficient (Wildman–Crippen LogP) is -0.568. The molecule has 0 atom stereocenters. The van der Waals surface area contributed by atoms with Gasteiger partial charge in [0.2, 0.25) is 0 Å². The van der Waals surface area contributed by atoms with Gasteiger partial charge in [0.15, 0.2) is 30.4 Å². The molecule has 0 amide bonds. The van der Waals surface area contributed by atoms with Crippen LogP contribution in [0.15, 0.2) is 0 Å². The fourth-order valence-corrected chi connectivity index (χ4v) is 0. The van der Waals surface area contributed by atoms with Gasteiger partial charge < -0.3 is 59.6 Å². The Balaban J connectivity index is -0.0000000482. The van der Waals surface area contributed by atoms with Crippen LogP contribution in [0.2, 0.25) is 0 Å². The maximum atomic E-state index is 10.7. The molecule has 0 N–H and O–H groups in total. The normalized spacial score (nSPS) is 10.7. The van der Waals surface area contributed by atoms with Crippen LogP contribution < -0.4 is 0 Å². The largest absolute Gasteiger partial charge is 3.00 e. The SMILES string of the molecule is O=S(=O)([O-])C(F)(F)F.O=S(=O)([O-])C(F)(F)F.O=S(=O)([O-])C(F)(F)F.O=[N+]([O-])[O-].O=[N+]([O-])[O-].O=[N+]([O-])[O-].[Sc+3].[Sc+3]. The maximum absolute atomic E-state index is 10.7. The zero-order chi connectivity index (χ0) is 31.7. The third-order valence-electron chi connectivity index (χ3n) is 0.850. The average Bonchev–Trinajstić information content (AvgIpc) is 2.39. The van der Waals surface area contributed by atoms with E-state index in [2.05, 4.69) is 0 Å². The van der Waals surface area contributed by atoms with E-state index in [1.807, 2.05) is 0 Å². The van der Waals surface area contributed by atoms with Crippen LogP contribution in [0.3, 0.4) is 0 Å². The Hall–Kier alpha value is -1.56. The standard InChI is InChI=1S/3CHF3O3S.3NO3.2Sc/c3*2-1(3,4)8(5,6)7;3*2-1(3)4;;/h3*(H,5,6,7);;;;;/q;;;3*-1;2*+3/p-3. The van der Waals surface area contributed by atoms with Crippen molar-refractivity contribution in [1.82, 2.24) is 0 Å². The molecule has 0 rings (SSSR count). The summed E-state index contributed by atoms with van der Waals surface area (Å²) in [7, 11) is -18.3. The summed E-state index contributed by atoms with van der Waals surface area (Å²) >= 11 is 0. The number of halogens is 9. The molecule has 0 aromatic heterocycles. The van der Waals surface area contributed by atoms with Crippen LogP contribution in [0.25, 0.3) is 0 Å². The van der Waals surface area contributed by atoms with Crippen LogP contribution in [0.1, 0.15) is 0 Å². The molecule has 0 bridgehead atoms. The Bertz CT molecular complexity index is 848. The van der Waals surface area contributed by atoms with Gasteiger partial charge in [0.25, 0.3) is 0 Å². The summed E-state index contributed by atoms with van der Waals surface area (Å²) in [6.45, 7) is 0.